The van der Waals surface area contributed by atoms with Crippen molar-refractivity contribution < 1.29 is 0 Å². The Morgan fingerprint density at radius 2 is 2.25 bits per heavy atom. The lowest BCUT2D eigenvalue weighted by molar-refractivity contribution is 0.553. The van der Waals surface area contributed by atoms with Crippen LogP contribution >= 0.6 is 24.0 Å². The standard InChI is InChI=1S/C5H10N2.HI/c1-5-6-3-4-7(5)2;/h3-4H2,1-2H3;1H. The van der Waals surface area contributed by atoms with E-state index in [2.05, 4.69) is 16.9 Å². The van der Waals surface area contributed by atoms with E-state index in [-0.39, 0.29) is 24.0 Å². The van der Waals surface area contributed by atoms with Crippen LogP contribution in [0.4, 0.5) is 0 Å². The maximum absolute atomic E-state index is 4.16. The predicted octanol–water partition coefficient (Wildman–Crippen LogP) is 0.968. The summed E-state index contributed by atoms with van der Waals surface area (Å²) >= 11 is 0. The second kappa shape index (κ2) is 3.27. The highest BCUT2D eigenvalue weighted by atomic mass is 127. The first kappa shape index (κ1) is 8.20. The van der Waals surface area contributed by atoms with E-state index in [1.54, 1.807) is 0 Å². The Balaban J connectivity index is 0.000000490. The van der Waals surface area contributed by atoms with Gasteiger partial charge in [0.15, 0.2) is 0 Å². The van der Waals surface area contributed by atoms with Gasteiger partial charge in [0.1, 0.15) is 0 Å². The van der Waals surface area contributed by atoms with Gasteiger partial charge in [0.05, 0.1) is 12.4 Å². The summed E-state index contributed by atoms with van der Waals surface area (Å²) in [6, 6.07) is 0. The maximum atomic E-state index is 4.16. The van der Waals surface area contributed by atoms with E-state index in [4.69, 9.17) is 0 Å². The van der Waals surface area contributed by atoms with Gasteiger partial charge in [-0.15, -0.1) is 24.0 Å². The first-order chi connectivity index (χ1) is 3.30. The van der Waals surface area contributed by atoms with Crippen LogP contribution in [0, 0.1) is 0 Å². The van der Waals surface area contributed by atoms with Crippen LogP contribution in [0.3, 0.4) is 0 Å². The molecule has 48 valence electrons. The molecule has 0 aromatic rings. The van der Waals surface area contributed by atoms with Gasteiger partial charge in [-0.2, -0.15) is 0 Å². The molecule has 0 fully saturated rings. The third-order valence-corrected chi connectivity index (χ3v) is 1.33. The number of nitrogens with zero attached hydrogens (tertiary/aromatic N) is 2. The number of hydrogen-bond donors (Lipinski definition) is 0. The average molecular weight is 226 g/mol. The molecule has 2 nitrogen and oxygen atoms in total. The lowest BCUT2D eigenvalue weighted by Crippen LogP contribution is -2.19. The van der Waals surface area contributed by atoms with Crippen LogP contribution in [-0.4, -0.2) is 30.9 Å². The number of aliphatic imine (C=N–C) groups is 1. The lowest BCUT2D eigenvalue weighted by Gasteiger charge is -2.07. The molecule has 0 saturated heterocycles. The van der Waals surface area contributed by atoms with Gasteiger partial charge in [-0.1, -0.05) is 0 Å². The van der Waals surface area contributed by atoms with Crippen molar-refractivity contribution >= 4 is 29.8 Å². The molecule has 1 heterocycles. The molecule has 0 aromatic heterocycles. The Morgan fingerprint density at radius 3 is 2.38 bits per heavy atom. The zero-order valence-corrected chi connectivity index (χ0v) is 7.55. The Kier molecular flexibility index (Phi) is 3.35. The molecule has 0 aromatic carbocycles. The van der Waals surface area contributed by atoms with Crippen LogP contribution in [0.1, 0.15) is 6.92 Å². The normalized spacial score (nSPS) is 17.8. The van der Waals surface area contributed by atoms with E-state index in [1.165, 1.54) is 5.84 Å². The van der Waals surface area contributed by atoms with Crippen LogP contribution in [0.5, 0.6) is 0 Å². The van der Waals surface area contributed by atoms with Gasteiger partial charge < -0.3 is 4.90 Å². The fourth-order valence-electron chi connectivity index (χ4n) is 0.644. The number of likely N-dealkylation sites (N-methyl/N-ethyl adjacent to an activating group) is 1. The summed E-state index contributed by atoms with van der Waals surface area (Å²) in [5.41, 5.74) is 0. The van der Waals surface area contributed by atoms with E-state index in [0.29, 0.717) is 0 Å². The molecule has 1 aliphatic heterocycles. The fourth-order valence-corrected chi connectivity index (χ4v) is 0.644. The monoisotopic (exact) mass is 226 g/mol. The van der Waals surface area contributed by atoms with E-state index < -0.39 is 0 Å². The highest BCUT2D eigenvalue weighted by molar-refractivity contribution is 14.0. The molecule has 0 N–H and O–H groups in total. The smallest absolute Gasteiger partial charge is 0.0956 e. The third kappa shape index (κ3) is 1.61. The van der Waals surface area contributed by atoms with Crippen LogP contribution in [0.15, 0.2) is 4.99 Å². The van der Waals surface area contributed by atoms with Crippen LogP contribution < -0.4 is 0 Å². The van der Waals surface area contributed by atoms with Gasteiger partial charge in [0, 0.05) is 13.6 Å². The minimum atomic E-state index is 0. The van der Waals surface area contributed by atoms with Crippen molar-refractivity contribution in [3.8, 4) is 0 Å². The first-order valence-corrected chi connectivity index (χ1v) is 2.53. The predicted molar refractivity (Wildman–Crippen MR) is 46.0 cm³/mol. The third-order valence-electron chi connectivity index (χ3n) is 1.33. The molecule has 0 radical (unpaired) electrons. The summed E-state index contributed by atoms with van der Waals surface area (Å²) in [7, 11) is 2.06. The molecule has 0 saturated carbocycles. The van der Waals surface area contributed by atoms with Gasteiger partial charge in [-0.25, -0.2) is 0 Å². The van der Waals surface area contributed by atoms with Crippen LogP contribution in [0.25, 0.3) is 0 Å². The molecule has 1 aliphatic rings. The molecule has 1 rings (SSSR count). The second-order valence-corrected chi connectivity index (χ2v) is 1.85. The minimum Gasteiger partial charge on any atom is -0.362 e. The highest BCUT2D eigenvalue weighted by Gasteiger charge is 2.04. The van der Waals surface area contributed by atoms with Crippen molar-refractivity contribution in [2.75, 3.05) is 20.1 Å². The molecule has 0 spiro atoms. The molecule has 0 aliphatic carbocycles. The summed E-state index contributed by atoms with van der Waals surface area (Å²) in [5.74, 6) is 1.17. The zero-order chi connectivity index (χ0) is 5.28. The topological polar surface area (TPSA) is 15.6 Å². The van der Waals surface area contributed by atoms with Crippen LogP contribution in [-0.2, 0) is 0 Å². The molecule has 0 amide bonds. The summed E-state index contributed by atoms with van der Waals surface area (Å²) in [6.07, 6.45) is 0. The highest BCUT2D eigenvalue weighted by Crippen LogP contribution is 1.94. The number of rotatable bonds is 0. The van der Waals surface area contributed by atoms with Gasteiger partial charge in [-0.3, -0.25) is 4.99 Å². The lowest BCUT2D eigenvalue weighted by atomic mass is 10.6. The SMILES string of the molecule is CC1=NCCN1C.I. The second-order valence-electron chi connectivity index (χ2n) is 1.85. The summed E-state index contributed by atoms with van der Waals surface area (Å²) < 4.78 is 0. The number of halogens is 1. The Labute approximate surface area is 67.0 Å². The number of hydrogen-bond acceptors (Lipinski definition) is 2. The molecule has 3 heteroatoms. The van der Waals surface area contributed by atoms with Crippen molar-refractivity contribution in [3.63, 3.8) is 0 Å². The summed E-state index contributed by atoms with van der Waals surface area (Å²) in [6.45, 7) is 4.13. The zero-order valence-electron chi connectivity index (χ0n) is 5.22. The van der Waals surface area contributed by atoms with Crippen molar-refractivity contribution in [2.45, 2.75) is 6.92 Å². The van der Waals surface area contributed by atoms with Gasteiger partial charge in [0.25, 0.3) is 0 Å². The van der Waals surface area contributed by atoms with Gasteiger partial charge in [0.2, 0.25) is 0 Å². The fraction of sp³-hybridized carbons (Fsp3) is 0.800. The minimum absolute atomic E-state index is 0. The Hall–Kier alpha value is 0.200. The summed E-state index contributed by atoms with van der Waals surface area (Å²) in [4.78, 5) is 6.31. The number of amidine groups is 1. The van der Waals surface area contributed by atoms with Gasteiger partial charge >= 0.3 is 0 Å². The van der Waals surface area contributed by atoms with Crippen molar-refractivity contribution in [2.24, 2.45) is 4.99 Å². The van der Waals surface area contributed by atoms with Crippen molar-refractivity contribution in [1.29, 1.82) is 0 Å². The Bertz CT molecular complexity index is 101. The summed E-state index contributed by atoms with van der Waals surface area (Å²) in [5, 5.41) is 0. The molecular weight excluding hydrogens is 215 g/mol. The van der Waals surface area contributed by atoms with Crippen LogP contribution in [0.2, 0.25) is 0 Å². The van der Waals surface area contributed by atoms with E-state index in [9.17, 15) is 0 Å². The van der Waals surface area contributed by atoms with E-state index in [0.717, 1.165) is 13.1 Å². The molecule has 8 heavy (non-hydrogen) atoms. The largest absolute Gasteiger partial charge is 0.362 e. The van der Waals surface area contributed by atoms with Gasteiger partial charge in [-0.05, 0) is 6.92 Å². The van der Waals surface area contributed by atoms with E-state index in [1.807, 2.05) is 6.92 Å². The Morgan fingerprint density at radius 1 is 1.62 bits per heavy atom. The quantitative estimate of drug-likeness (QED) is 0.562. The van der Waals surface area contributed by atoms with E-state index >= 15 is 0 Å². The first-order valence-electron chi connectivity index (χ1n) is 2.53. The maximum Gasteiger partial charge on any atom is 0.0956 e. The molecule has 0 bridgehead atoms. The average Bonchev–Trinajstić information content (AvgIpc) is 1.91. The molecule has 0 unspecified atom stereocenters. The molecular formula is C5H11IN2. The molecule has 0 atom stereocenters. The van der Waals surface area contributed by atoms with Crippen molar-refractivity contribution in [1.82, 2.24) is 4.90 Å². The van der Waals surface area contributed by atoms with Crippen molar-refractivity contribution in [3.05, 3.63) is 0 Å².